The van der Waals surface area contributed by atoms with E-state index in [0.29, 0.717) is 0 Å². The number of aryl methyl sites for hydroxylation is 1. The van der Waals surface area contributed by atoms with Crippen molar-refractivity contribution in [2.45, 2.75) is 26.7 Å². The Morgan fingerprint density at radius 3 is 2.47 bits per heavy atom. The lowest BCUT2D eigenvalue weighted by molar-refractivity contribution is 0.0936. The number of carbonyl (C=O) groups is 1. The van der Waals surface area contributed by atoms with Gasteiger partial charge in [0.1, 0.15) is 5.75 Å². The maximum Gasteiger partial charge on any atom is 0.166 e. The third-order valence-corrected chi connectivity index (χ3v) is 3.50. The van der Waals surface area contributed by atoms with E-state index in [1.54, 1.807) is 7.11 Å². The molecule has 1 aromatic rings. The van der Waals surface area contributed by atoms with Gasteiger partial charge in [-0.1, -0.05) is 19.9 Å². The summed E-state index contributed by atoms with van der Waals surface area (Å²) in [7, 11) is 1.66. The van der Waals surface area contributed by atoms with Crippen LogP contribution in [0.15, 0.2) is 12.1 Å². The topological polar surface area (TPSA) is 26.3 Å². The van der Waals surface area contributed by atoms with Gasteiger partial charge in [-0.2, -0.15) is 0 Å². The molecule has 0 saturated carbocycles. The number of ketones is 1. The van der Waals surface area contributed by atoms with E-state index < -0.39 is 0 Å². The number of carbonyl (C=O) groups excluding carboxylic acids is 1. The molecule has 0 amide bonds. The van der Waals surface area contributed by atoms with Gasteiger partial charge >= 0.3 is 0 Å². The first-order valence-corrected chi connectivity index (χ1v) is 5.29. The Morgan fingerprint density at radius 2 is 1.87 bits per heavy atom. The molecule has 15 heavy (non-hydrogen) atoms. The lowest BCUT2D eigenvalue weighted by Crippen LogP contribution is -2.06. The van der Waals surface area contributed by atoms with Crippen molar-refractivity contribution in [3.63, 3.8) is 0 Å². The molecule has 0 spiro atoms. The molecule has 2 rings (SSSR count). The summed E-state index contributed by atoms with van der Waals surface area (Å²) in [5.41, 5.74) is 3.04. The van der Waals surface area contributed by atoms with Crippen molar-refractivity contribution in [3.8, 4) is 5.75 Å². The van der Waals surface area contributed by atoms with Gasteiger partial charge in [0.25, 0.3) is 0 Å². The van der Waals surface area contributed by atoms with Gasteiger partial charge in [-0.15, -0.1) is 0 Å². The fraction of sp³-hybridized carbons (Fsp3) is 0.462. The van der Waals surface area contributed by atoms with Crippen LogP contribution in [0.25, 0.3) is 0 Å². The molecule has 0 N–H and O–H groups in total. The Hall–Kier alpha value is -1.31. The zero-order valence-electron chi connectivity index (χ0n) is 9.63. The fourth-order valence-corrected chi connectivity index (χ4v) is 2.37. The van der Waals surface area contributed by atoms with Gasteiger partial charge < -0.3 is 4.74 Å². The summed E-state index contributed by atoms with van der Waals surface area (Å²) < 4.78 is 5.33. The number of hydrogen-bond donors (Lipinski definition) is 0. The third-order valence-electron chi connectivity index (χ3n) is 3.50. The highest BCUT2D eigenvalue weighted by Crippen LogP contribution is 2.43. The standard InChI is InChI=1S/C13H16O2/c1-7-5-6-10(15-4)12-8(2)9(3)13(14)11(7)12/h5-6,8-9H,1-4H3. The minimum atomic E-state index is 0.0787. The predicted molar refractivity (Wildman–Crippen MR) is 59.6 cm³/mol. The van der Waals surface area contributed by atoms with Gasteiger partial charge in [-0.3, -0.25) is 4.79 Å². The average molecular weight is 204 g/mol. The molecule has 2 nitrogen and oxygen atoms in total. The highest BCUT2D eigenvalue weighted by atomic mass is 16.5. The van der Waals surface area contributed by atoms with E-state index in [1.807, 2.05) is 26.0 Å². The Morgan fingerprint density at radius 1 is 1.20 bits per heavy atom. The molecule has 80 valence electrons. The quantitative estimate of drug-likeness (QED) is 0.703. The highest BCUT2D eigenvalue weighted by molar-refractivity contribution is 6.04. The van der Waals surface area contributed by atoms with E-state index in [0.717, 1.165) is 22.4 Å². The van der Waals surface area contributed by atoms with Gasteiger partial charge in [0.2, 0.25) is 0 Å². The van der Waals surface area contributed by atoms with Crippen LogP contribution < -0.4 is 4.74 Å². The maximum absolute atomic E-state index is 12.0. The van der Waals surface area contributed by atoms with Crippen LogP contribution in [0.5, 0.6) is 5.75 Å². The lowest BCUT2D eigenvalue weighted by Gasteiger charge is -2.12. The summed E-state index contributed by atoms with van der Waals surface area (Å²) in [6.07, 6.45) is 0. The molecule has 0 saturated heterocycles. The van der Waals surface area contributed by atoms with Crippen molar-refractivity contribution >= 4 is 5.78 Å². The molecule has 0 fully saturated rings. The van der Waals surface area contributed by atoms with Crippen LogP contribution in [0, 0.1) is 12.8 Å². The van der Waals surface area contributed by atoms with E-state index in [9.17, 15) is 4.79 Å². The summed E-state index contributed by atoms with van der Waals surface area (Å²) in [6.45, 7) is 6.07. The van der Waals surface area contributed by atoms with Crippen LogP contribution in [0.3, 0.4) is 0 Å². The van der Waals surface area contributed by atoms with Gasteiger partial charge in [0.05, 0.1) is 7.11 Å². The molecule has 2 unspecified atom stereocenters. The van der Waals surface area contributed by atoms with Crippen molar-refractivity contribution in [3.05, 3.63) is 28.8 Å². The maximum atomic E-state index is 12.0. The summed E-state index contributed by atoms with van der Waals surface area (Å²) in [4.78, 5) is 12.0. The number of Topliss-reactive ketones (excluding diaryl/α,β-unsaturated/α-hetero) is 1. The minimum Gasteiger partial charge on any atom is -0.496 e. The van der Waals surface area contributed by atoms with Crippen LogP contribution in [0.4, 0.5) is 0 Å². The Kier molecular flexibility index (Phi) is 2.29. The van der Waals surface area contributed by atoms with E-state index in [2.05, 4.69) is 6.92 Å². The smallest absolute Gasteiger partial charge is 0.166 e. The number of methoxy groups -OCH3 is 1. The van der Waals surface area contributed by atoms with Crippen molar-refractivity contribution in [1.29, 1.82) is 0 Å². The average Bonchev–Trinajstić information content (AvgIpc) is 2.46. The lowest BCUT2D eigenvalue weighted by atomic mass is 9.95. The Balaban J connectivity index is 2.71. The number of hydrogen-bond acceptors (Lipinski definition) is 2. The van der Waals surface area contributed by atoms with Crippen molar-refractivity contribution in [2.24, 2.45) is 5.92 Å². The van der Waals surface area contributed by atoms with Gasteiger partial charge in [-0.25, -0.2) is 0 Å². The Labute approximate surface area is 90.3 Å². The molecule has 1 aromatic carbocycles. The molecule has 0 aliphatic heterocycles. The normalized spacial score (nSPS) is 24.1. The molecule has 0 aromatic heterocycles. The zero-order chi connectivity index (χ0) is 11.2. The Bertz CT molecular complexity index is 421. The first-order valence-electron chi connectivity index (χ1n) is 5.29. The largest absolute Gasteiger partial charge is 0.496 e. The second-order valence-electron chi connectivity index (χ2n) is 4.31. The number of rotatable bonds is 1. The van der Waals surface area contributed by atoms with Crippen LogP contribution >= 0.6 is 0 Å². The van der Waals surface area contributed by atoms with E-state index in [4.69, 9.17) is 4.74 Å². The van der Waals surface area contributed by atoms with Crippen molar-refractivity contribution < 1.29 is 9.53 Å². The van der Waals surface area contributed by atoms with Crippen molar-refractivity contribution in [1.82, 2.24) is 0 Å². The number of fused-ring (bicyclic) bond motifs is 1. The molecular formula is C13H16O2. The summed E-state index contributed by atoms with van der Waals surface area (Å²) >= 11 is 0. The predicted octanol–water partition coefficient (Wildman–Crippen LogP) is 2.94. The summed E-state index contributed by atoms with van der Waals surface area (Å²) in [5, 5.41) is 0. The van der Waals surface area contributed by atoms with Crippen molar-refractivity contribution in [2.75, 3.05) is 7.11 Å². The summed E-state index contributed by atoms with van der Waals surface area (Å²) in [6, 6.07) is 3.91. The number of benzene rings is 1. The van der Waals surface area contributed by atoms with Crippen LogP contribution in [-0.2, 0) is 0 Å². The monoisotopic (exact) mass is 204 g/mol. The molecule has 2 heteroatoms. The fourth-order valence-electron chi connectivity index (χ4n) is 2.37. The van der Waals surface area contributed by atoms with Gasteiger partial charge in [-0.05, 0) is 24.5 Å². The highest BCUT2D eigenvalue weighted by Gasteiger charge is 2.37. The first-order chi connectivity index (χ1) is 7.07. The number of ether oxygens (including phenoxy) is 1. The van der Waals surface area contributed by atoms with Gasteiger partial charge in [0, 0.05) is 17.0 Å². The molecular weight excluding hydrogens is 188 g/mol. The molecule has 0 heterocycles. The summed E-state index contributed by atoms with van der Waals surface area (Å²) in [5.74, 6) is 1.45. The first kappa shape index (κ1) is 10.2. The third kappa shape index (κ3) is 1.28. The molecule has 1 aliphatic carbocycles. The molecule has 0 radical (unpaired) electrons. The van der Waals surface area contributed by atoms with Crippen LogP contribution in [0.2, 0.25) is 0 Å². The molecule has 2 atom stereocenters. The van der Waals surface area contributed by atoms with Crippen LogP contribution in [0.1, 0.15) is 41.3 Å². The van der Waals surface area contributed by atoms with Crippen LogP contribution in [-0.4, -0.2) is 12.9 Å². The van der Waals surface area contributed by atoms with E-state index in [1.165, 1.54) is 0 Å². The van der Waals surface area contributed by atoms with E-state index in [-0.39, 0.29) is 17.6 Å². The molecule has 1 aliphatic rings. The minimum absolute atomic E-state index is 0.0787. The van der Waals surface area contributed by atoms with Gasteiger partial charge in [0.15, 0.2) is 5.78 Å². The SMILES string of the molecule is COc1ccc(C)c2c1C(C)C(C)C2=O. The van der Waals surface area contributed by atoms with E-state index >= 15 is 0 Å². The second kappa shape index (κ2) is 3.37. The molecule has 0 bridgehead atoms. The second-order valence-corrected chi connectivity index (χ2v) is 4.31. The zero-order valence-corrected chi connectivity index (χ0v) is 9.63.